The molecule has 48 heavy (non-hydrogen) atoms. The number of carbonyl (C=O) groups is 3. The number of rotatable bonds is 37. The van der Waals surface area contributed by atoms with E-state index in [2.05, 4.69) is 37.4 Å². The molecule has 6 nitrogen and oxygen atoms in total. The predicted molar refractivity (Wildman–Crippen MR) is 203 cm³/mol. The third kappa shape index (κ3) is 36.7. The van der Waals surface area contributed by atoms with Crippen molar-refractivity contribution in [1.29, 1.82) is 0 Å². The van der Waals surface area contributed by atoms with Crippen molar-refractivity contribution in [1.82, 2.24) is 5.32 Å². The van der Waals surface area contributed by atoms with Crippen molar-refractivity contribution in [2.75, 3.05) is 6.54 Å². The van der Waals surface area contributed by atoms with E-state index in [1.807, 2.05) is 6.08 Å². The second-order valence-corrected chi connectivity index (χ2v) is 13.9. The Labute approximate surface area is 296 Å². The second kappa shape index (κ2) is 37.7. The second-order valence-electron chi connectivity index (χ2n) is 13.9. The highest BCUT2D eigenvalue weighted by Crippen LogP contribution is 2.16. The molecule has 0 aliphatic heterocycles. The van der Waals surface area contributed by atoms with Gasteiger partial charge in [-0.05, 0) is 51.0 Å². The monoisotopic (exact) mass is 676 g/mol. The zero-order chi connectivity index (χ0) is 35.2. The predicted octanol–water partition coefficient (Wildman–Crippen LogP) is 12.3. The summed E-state index contributed by atoms with van der Waals surface area (Å²) in [6.07, 6.45) is 44.7. The normalized spacial score (nSPS) is 12.2. The molecule has 2 N–H and O–H groups in total. The van der Waals surface area contributed by atoms with Crippen molar-refractivity contribution in [3.8, 4) is 0 Å². The van der Waals surface area contributed by atoms with Gasteiger partial charge in [-0.1, -0.05) is 173 Å². The minimum atomic E-state index is -1.03. The van der Waals surface area contributed by atoms with Gasteiger partial charge in [0.1, 0.15) is 12.6 Å². The smallest absolute Gasteiger partial charge is 0.322 e. The van der Waals surface area contributed by atoms with Crippen molar-refractivity contribution in [2.45, 2.75) is 219 Å². The Hall–Kier alpha value is -2.11. The van der Waals surface area contributed by atoms with Crippen LogP contribution in [0.3, 0.4) is 0 Å². The standard InChI is InChI=1S/C42H77NO5/c1-3-5-7-9-11-13-14-15-16-17-18-19-20-21-22-23-25-27-33-37-42(47)48-39(34-30-26-24-12-10-8-6-4-2)35-31-28-29-32-36-40(44)43-38-41(45)46/h12,24,30,34,39H,3-11,13-23,25-29,31-33,35-38H2,1-2H3,(H,43,44)(H,45,46)/b24-12-,34-30-. The van der Waals surface area contributed by atoms with Crippen molar-refractivity contribution in [3.63, 3.8) is 0 Å². The van der Waals surface area contributed by atoms with Gasteiger partial charge in [0.25, 0.3) is 0 Å². The third-order valence-electron chi connectivity index (χ3n) is 9.11. The van der Waals surface area contributed by atoms with Crippen LogP contribution in [-0.2, 0) is 19.1 Å². The van der Waals surface area contributed by atoms with Crippen LogP contribution >= 0.6 is 0 Å². The van der Waals surface area contributed by atoms with Crippen molar-refractivity contribution in [2.24, 2.45) is 0 Å². The number of carboxylic acid groups (broad SMARTS) is 1. The minimum Gasteiger partial charge on any atom is -0.480 e. The van der Waals surface area contributed by atoms with Gasteiger partial charge in [0.05, 0.1) is 0 Å². The molecular weight excluding hydrogens is 598 g/mol. The summed E-state index contributed by atoms with van der Waals surface area (Å²) in [5.41, 5.74) is 0. The first-order valence-electron chi connectivity index (χ1n) is 20.5. The number of nitrogens with one attached hydrogen (secondary N) is 1. The van der Waals surface area contributed by atoms with E-state index in [9.17, 15) is 14.4 Å². The van der Waals surface area contributed by atoms with Crippen LogP contribution in [0, 0.1) is 0 Å². The van der Waals surface area contributed by atoms with Gasteiger partial charge in [0, 0.05) is 12.8 Å². The van der Waals surface area contributed by atoms with E-state index in [0.717, 1.165) is 57.8 Å². The van der Waals surface area contributed by atoms with E-state index >= 15 is 0 Å². The molecule has 0 aliphatic carbocycles. The van der Waals surface area contributed by atoms with Gasteiger partial charge < -0.3 is 15.2 Å². The van der Waals surface area contributed by atoms with E-state index in [1.54, 1.807) is 0 Å². The highest BCUT2D eigenvalue weighted by Gasteiger charge is 2.12. The van der Waals surface area contributed by atoms with Gasteiger partial charge in [0.15, 0.2) is 0 Å². The molecule has 0 rings (SSSR count). The average Bonchev–Trinajstić information content (AvgIpc) is 3.07. The minimum absolute atomic E-state index is 0.0955. The van der Waals surface area contributed by atoms with Gasteiger partial charge in [-0.15, -0.1) is 0 Å². The molecule has 0 bridgehead atoms. The van der Waals surface area contributed by atoms with Crippen LogP contribution in [0.25, 0.3) is 0 Å². The molecule has 0 heterocycles. The fourth-order valence-electron chi connectivity index (χ4n) is 6.05. The van der Waals surface area contributed by atoms with Crippen LogP contribution < -0.4 is 5.32 Å². The highest BCUT2D eigenvalue weighted by atomic mass is 16.5. The molecule has 0 radical (unpaired) electrons. The number of unbranched alkanes of at least 4 members (excludes halogenated alkanes) is 24. The molecule has 0 aromatic heterocycles. The Morgan fingerprint density at radius 3 is 1.54 bits per heavy atom. The number of hydrogen-bond acceptors (Lipinski definition) is 4. The van der Waals surface area contributed by atoms with Crippen LogP contribution in [0.5, 0.6) is 0 Å². The summed E-state index contributed by atoms with van der Waals surface area (Å²) in [6.45, 7) is 4.17. The number of ether oxygens (including phenoxy) is 1. The summed E-state index contributed by atoms with van der Waals surface area (Å²) < 4.78 is 5.88. The van der Waals surface area contributed by atoms with Gasteiger partial charge in [-0.3, -0.25) is 14.4 Å². The molecule has 0 saturated carbocycles. The van der Waals surface area contributed by atoms with E-state index in [0.29, 0.717) is 12.8 Å². The fraction of sp³-hybridized carbons (Fsp3) is 0.833. The van der Waals surface area contributed by atoms with Gasteiger partial charge in [-0.25, -0.2) is 0 Å². The maximum absolute atomic E-state index is 12.6. The zero-order valence-corrected chi connectivity index (χ0v) is 31.6. The lowest BCUT2D eigenvalue weighted by Crippen LogP contribution is -2.28. The summed E-state index contributed by atoms with van der Waals surface area (Å²) in [5.74, 6) is -1.34. The molecule has 6 heteroatoms. The Morgan fingerprint density at radius 1 is 0.562 bits per heavy atom. The summed E-state index contributed by atoms with van der Waals surface area (Å²) in [6, 6.07) is 0. The summed E-state index contributed by atoms with van der Waals surface area (Å²) >= 11 is 0. The summed E-state index contributed by atoms with van der Waals surface area (Å²) in [5, 5.41) is 11.1. The van der Waals surface area contributed by atoms with Crippen LogP contribution in [0.2, 0.25) is 0 Å². The number of hydrogen-bond donors (Lipinski definition) is 2. The molecule has 1 atom stereocenters. The molecule has 280 valence electrons. The van der Waals surface area contributed by atoms with Crippen molar-refractivity contribution >= 4 is 17.8 Å². The number of carbonyl (C=O) groups excluding carboxylic acids is 2. The molecule has 0 fully saturated rings. The van der Waals surface area contributed by atoms with E-state index in [-0.39, 0.29) is 24.5 Å². The number of amides is 1. The van der Waals surface area contributed by atoms with Crippen LogP contribution in [0.15, 0.2) is 24.3 Å². The average molecular weight is 676 g/mol. The van der Waals surface area contributed by atoms with Crippen molar-refractivity contribution < 1.29 is 24.2 Å². The number of aliphatic carboxylic acids is 1. The number of allylic oxidation sites excluding steroid dienone is 3. The molecule has 0 aliphatic rings. The Morgan fingerprint density at radius 2 is 1.02 bits per heavy atom. The molecule has 1 unspecified atom stereocenters. The molecule has 1 amide bonds. The highest BCUT2D eigenvalue weighted by molar-refractivity contribution is 5.80. The van der Waals surface area contributed by atoms with Gasteiger partial charge >= 0.3 is 11.9 Å². The van der Waals surface area contributed by atoms with E-state index in [1.165, 1.54) is 128 Å². The van der Waals surface area contributed by atoms with Gasteiger partial charge in [0.2, 0.25) is 5.91 Å². The Bertz CT molecular complexity index is 793. The Balaban J connectivity index is 4.02. The third-order valence-corrected chi connectivity index (χ3v) is 9.11. The molecule has 0 aromatic rings. The summed E-state index contributed by atoms with van der Waals surface area (Å²) in [4.78, 5) is 34.9. The first-order valence-corrected chi connectivity index (χ1v) is 20.5. The molecule has 0 spiro atoms. The zero-order valence-electron chi connectivity index (χ0n) is 31.6. The molecular formula is C42H77NO5. The lowest BCUT2D eigenvalue weighted by atomic mass is 10.0. The van der Waals surface area contributed by atoms with Crippen LogP contribution in [0.4, 0.5) is 0 Å². The van der Waals surface area contributed by atoms with Crippen molar-refractivity contribution in [3.05, 3.63) is 24.3 Å². The lowest BCUT2D eigenvalue weighted by molar-refractivity contribution is -0.147. The van der Waals surface area contributed by atoms with Crippen LogP contribution in [0.1, 0.15) is 213 Å². The lowest BCUT2D eigenvalue weighted by Gasteiger charge is -2.14. The first kappa shape index (κ1) is 45.9. The number of esters is 1. The maximum Gasteiger partial charge on any atom is 0.322 e. The maximum atomic E-state index is 12.6. The largest absolute Gasteiger partial charge is 0.480 e. The van der Waals surface area contributed by atoms with E-state index in [4.69, 9.17) is 9.84 Å². The molecule has 0 saturated heterocycles. The number of carboxylic acids is 1. The first-order chi connectivity index (χ1) is 23.5. The Kier molecular flexibility index (Phi) is 36.0. The summed E-state index contributed by atoms with van der Waals surface area (Å²) in [7, 11) is 0. The topological polar surface area (TPSA) is 92.7 Å². The quantitative estimate of drug-likeness (QED) is 0.0388. The van der Waals surface area contributed by atoms with Gasteiger partial charge in [-0.2, -0.15) is 0 Å². The van der Waals surface area contributed by atoms with Crippen LogP contribution in [-0.4, -0.2) is 35.6 Å². The fourth-order valence-corrected chi connectivity index (χ4v) is 6.05. The van der Waals surface area contributed by atoms with E-state index < -0.39 is 5.97 Å². The SMILES string of the molecule is CCCCC/C=C\C/C=C\C(CCCCCCC(=O)NCC(=O)O)OC(=O)CCCCCCCCCCCCCCCCCCCCC. The molecule has 0 aromatic carbocycles.